The molecule has 2 N–H and O–H groups in total. The fourth-order valence-corrected chi connectivity index (χ4v) is 1.28. The van der Waals surface area contributed by atoms with Crippen molar-refractivity contribution in [2.75, 3.05) is 19.6 Å². The van der Waals surface area contributed by atoms with Gasteiger partial charge >= 0.3 is 0 Å². The quantitative estimate of drug-likeness (QED) is 0.577. The Kier molecular flexibility index (Phi) is 5.28. The summed E-state index contributed by atoms with van der Waals surface area (Å²) >= 11 is 0. The number of likely N-dealkylation sites (N-methyl/N-ethyl adjacent to an activating group) is 1. The van der Waals surface area contributed by atoms with Gasteiger partial charge in [0.25, 0.3) is 0 Å². The third kappa shape index (κ3) is 3.50. The number of benzene rings is 1. The van der Waals surface area contributed by atoms with Crippen LogP contribution in [0.1, 0.15) is 12.5 Å². The van der Waals surface area contributed by atoms with Gasteiger partial charge < -0.3 is 10.6 Å². The van der Waals surface area contributed by atoms with Gasteiger partial charge in [-0.3, -0.25) is 0 Å². The van der Waals surface area contributed by atoms with E-state index in [1.807, 2.05) is 6.92 Å². The van der Waals surface area contributed by atoms with E-state index < -0.39 is 17.5 Å². The second kappa shape index (κ2) is 6.50. The Hall–Kier alpha value is -1.07. The van der Waals surface area contributed by atoms with Crippen molar-refractivity contribution in [1.82, 2.24) is 10.6 Å². The van der Waals surface area contributed by atoms with Gasteiger partial charge in [-0.05, 0) is 12.6 Å². The van der Waals surface area contributed by atoms with Crippen LogP contribution in [0.2, 0.25) is 0 Å². The smallest absolute Gasteiger partial charge is 0.194 e. The lowest BCUT2D eigenvalue weighted by Gasteiger charge is -2.07. The molecule has 0 saturated carbocycles. The van der Waals surface area contributed by atoms with E-state index in [1.54, 1.807) is 0 Å². The van der Waals surface area contributed by atoms with Crippen molar-refractivity contribution in [2.45, 2.75) is 13.5 Å². The fourth-order valence-electron chi connectivity index (χ4n) is 1.28. The highest BCUT2D eigenvalue weighted by Gasteiger charge is 2.12. The van der Waals surface area contributed by atoms with Crippen LogP contribution in [0.25, 0.3) is 0 Å². The van der Waals surface area contributed by atoms with E-state index in [1.165, 1.54) is 6.07 Å². The lowest BCUT2D eigenvalue weighted by molar-refractivity contribution is 0.438. The van der Waals surface area contributed by atoms with Gasteiger partial charge in [-0.2, -0.15) is 0 Å². The molecule has 0 atom stereocenters. The van der Waals surface area contributed by atoms with E-state index in [2.05, 4.69) is 10.6 Å². The zero-order chi connectivity index (χ0) is 12.0. The zero-order valence-electron chi connectivity index (χ0n) is 9.12. The van der Waals surface area contributed by atoms with Gasteiger partial charge in [-0.15, -0.1) is 0 Å². The largest absolute Gasteiger partial charge is 0.316 e. The highest BCUT2D eigenvalue weighted by Crippen LogP contribution is 2.14. The Morgan fingerprint density at radius 2 is 1.69 bits per heavy atom. The molecule has 90 valence electrons. The highest BCUT2D eigenvalue weighted by molar-refractivity contribution is 5.20. The topological polar surface area (TPSA) is 24.1 Å². The van der Waals surface area contributed by atoms with Crippen molar-refractivity contribution in [3.63, 3.8) is 0 Å². The first kappa shape index (κ1) is 13.0. The number of rotatable bonds is 6. The molecule has 0 aromatic heterocycles. The van der Waals surface area contributed by atoms with Crippen molar-refractivity contribution < 1.29 is 13.2 Å². The van der Waals surface area contributed by atoms with E-state index >= 15 is 0 Å². The van der Waals surface area contributed by atoms with Crippen LogP contribution in [-0.4, -0.2) is 19.6 Å². The highest BCUT2D eigenvalue weighted by atomic mass is 19.2. The zero-order valence-corrected chi connectivity index (χ0v) is 9.12. The lowest BCUT2D eigenvalue weighted by Crippen LogP contribution is -2.27. The molecular weight excluding hydrogens is 217 g/mol. The molecule has 0 fully saturated rings. The molecule has 0 aliphatic carbocycles. The van der Waals surface area contributed by atoms with Crippen LogP contribution < -0.4 is 10.6 Å². The molecule has 0 heterocycles. The van der Waals surface area contributed by atoms with Gasteiger partial charge in [-0.25, -0.2) is 13.2 Å². The minimum absolute atomic E-state index is 0.135. The first-order chi connectivity index (χ1) is 7.66. The van der Waals surface area contributed by atoms with Crippen molar-refractivity contribution in [2.24, 2.45) is 0 Å². The molecule has 1 aromatic rings. The van der Waals surface area contributed by atoms with Crippen LogP contribution in [0.5, 0.6) is 0 Å². The normalized spacial score (nSPS) is 10.8. The molecule has 0 aliphatic heterocycles. The van der Waals surface area contributed by atoms with E-state index in [9.17, 15) is 13.2 Å². The summed E-state index contributed by atoms with van der Waals surface area (Å²) in [7, 11) is 0. The molecule has 0 spiro atoms. The second-order valence-electron chi connectivity index (χ2n) is 3.36. The molecule has 0 aliphatic rings. The van der Waals surface area contributed by atoms with Gasteiger partial charge in [0.2, 0.25) is 0 Å². The monoisotopic (exact) mass is 232 g/mol. The maximum Gasteiger partial charge on any atom is 0.194 e. The molecule has 1 rings (SSSR count). The van der Waals surface area contributed by atoms with Gasteiger partial charge in [0, 0.05) is 25.2 Å². The Labute approximate surface area is 92.9 Å². The van der Waals surface area contributed by atoms with E-state index in [4.69, 9.17) is 0 Å². The van der Waals surface area contributed by atoms with Crippen LogP contribution in [0.15, 0.2) is 12.1 Å². The third-order valence-corrected chi connectivity index (χ3v) is 2.16. The summed E-state index contributed by atoms with van der Waals surface area (Å²) in [6, 6.07) is 2.17. The third-order valence-electron chi connectivity index (χ3n) is 2.16. The summed E-state index contributed by atoms with van der Waals surface area (Å²) in [6.07, 6.45) is 0. The van der Waals surface area contributed by atoms with Crippen molar-refractivity contribution >= 4 is 0 Å². The molecular formula is C11H15F3N2. The maximum absolute atomic E-state index is 13.2. The minimum Gasteiger partial charge on any atom is -0.316 e. The van der Waals surface area contributed by atoms with E-state index in [-0.39, 0.29) is 12.1 Å². The molecule has 0 amide bonds. The summed E-state index contributed by atoms with van der Waals surface area (Å²) in [6.45, 7) is 4.43. The number of hydrogen-bond acceptors (Lipinski definition) is 2. The minimum atomic E-state index is -1.41. The van der Waals surface area contributed by atoms with Crippen molar-refractivity contribution in [1.29, 1.82) is 0 Å². The van der Waals surface area contributed by atoms with E-state index in [0.29, 0.717) is 6.54 Å². The van der Waals surface area contributed by atoms with Gasteiger partial charge in [0.1, 0.15) is 0 Å². The number of halogens is 3. The predicted octanol–water partition coefficient (Wildman–Crippen LogP) is 1.80. The second-order valence-corrected chi connectivity index (χ2v) is 3.36. The van der Waals surface area contributed by atoms with Gasteiger partial charge in [0.15, 0.2) is 17.5 Å². The Bertz CT molecular complexity index is 342. The molecule has 1 aromatic carbocycles. The number of hydrogen-bond donors (Lipinski definition) is 2. The molecule has 5 heteroatoms. The first-order valence-corrected chi connectivity index (χ1v) is 5.20. The summed E-state index contributed by atoms with van der Waals surface area (Å²) in [5.74, 6) is -3.68. The van der Waals surface area contributed by atoms with Crippen molar-refractivity contribution in [3.05, 3.63) is 35.1 Å². The summed E-state index contributed by atoms with van der Waals surface area (Å²) in [5.41, 5.74) is 0.135. The first-order valence-electron chi connectivity index (χ1n) is 5.20. The SMILES string of the molecule is CCNCCNCc1ccc(F)c(F)c1F. The molecule has 2 nitrogen and oxygen atoms in total. The van der Waals surface area contributed by atoms with Crippen molar-refractivity contribution in [3.8, 4) is 0 Å². The van der Waals surface area contributed by atoms with E-state index in [0.717, 1.165) is 19.2 Å². The van der Waals surface area contributed by atoms with Gasteiger partial charge in [0.05, 0.1) is 0 Å². The molecule has 0 saturated heterocycles. The predicted molar refractivity (Wildman–Crippen MR) is 56.6 cm³/mol. The fraction of sp³-hybridized carbons (Fsp3) is 0.455. The molecule has 0 unspecified atom stereocenters. The maximum atomic E-state index is 13.2. The van der Waals surface area contributed by atoms with Crippen LogP contribution in [0, 0.1) is 17.5 Å². The summed E-state index contributed by atoms with van der Waals surface area (Å²) in [4.78, 5) is 0. The molecule has 0 bridgehead atoms. The number of nitrogens with one attached hydrogen (secondary N) is 2. The van der Waals surface area contributed by atoms with Crippen LogP contribution in [-0.2, 0) is 6.54 Å². The standard InChI is InChI=1S/C11H15F3N2/c1-2-15-5-6-16-7-8-3-4-9(12)11(14)10(8)13/h3-4,15-16H,2,5-7H2,1H3. The average molecular weight is 232 g/mol. The van der Waals surface area contributed by atoms with Gasteiger partial charge in [-0.1, -0.05) is 13.0 Å². The summed E-state index contributed by atoms with van der Waals surface area (Å²) in [5, 5.41) is 6.01. The van der Waals surface area contributed by atoms with Crippen LogP contribution >= 0.6 is 0 Å². The Morgan fingerprint density at radius 1 is 1.00 bits per heavy atom. The molecule has 16 heavy (non-hydrogen) atoms. The lowest BCUT2D eigenvalue weighted by atomic mass is 10.2. The Balaban J connectivity index is 2.45. The van der Waals surface area contributed by atoms with Crippen LogP contribution in [0.3, 0.4) is 0 Å². The molecule has 0 radical (unpaired) electrons. The summed E-state index contributed by atoms with van der Waals surface area (Å²) < 4.78 is 38.6. The average Bonchev–Trinajstić information content (AvgIpc) is 2.28. The van der Waals surface area contributed by atoms with Crippen LogP contribution in [0.4, 0.5) is 13.2 Å². The Morgan fingerprint density at radius 3 is 2.38 bits per heavy atom.